The molecule has 2 N–H and O–H groups in total. The fourth-order valence-corrected chi connectivity index (χ4v) is 1.86. The molecule has 19 heavy (non-hydrogen) atoms. The van der Waals surface area contributed by atoms with Gasteiger partial charge in [-0.25, -0.2) is 4.79 Å². The molecular formula is C14H14N2O3. The Kier molecular flexibility index (Phi) is 3.75. The summed E-state index contributed by atoms with van der Waals surface area (Å²) in [6, 6.07) is 8.00. The fourth-order valence-electron chi connectivity index (χ4n) is 1.86. The SMILES string of the molecule is CC[C@@H](NC(=O)c1cccc2cccnc12)C(=O)O. The van der Waals surface area contributed by atoms with E-state index in [0.29, 0.717) is 17.5 Å². The summed E-state index contributed by atoms with van der Waals surface area (Å²) in [7, 11) is 0. The lowest BCUT2D eigenvalue weighted by Crippen LogP contribution is -2.40. The second kappa shape index (κ2) is 5.48. The van der Waals surface area contributed by atoms with Gasteiger partial charge in [0.1, 0.15) is 6.04 Å². The second-order valence-electron chi connectivity index (χ2n) is 4.15. The predicted molar refractivity (Wildman–Crippen MR) is 70.9 cm³/mol. The van der Waals surface area contributed by atoms with Gasteiger partial charge in [0.15, 0.2) is 0 Å². The van der Waals surface area contributed by atoms with Crippen LogP contribution in [0.2, 0.25) is 0 Å². The van der Waals surface area contributed by atoms with Gasteiger partial charge in [-0.3, -0.25) is 9.78 Å². The standard InChI is InChI=1S/C14H14N2O3/c1-2-11(14(18)19)16-13(17)10-7-3-5-9-6-4-8-15-12(9)10/h3-8,11H,2H2,1H3,(H,16,17)(H,18,19)/t11-/m1/s1. The van der Waals surface area contributed by atoms with E-state index in [0.717, 1.165) is 5.39 Å². The highest BCUT2D eigenvalue weighted by molar-refractivity contribution is 6.06. The number of fused-ring (bicyclic) bond motifs is 1. The first-order valence-electron chi connectivity index (χ1n) is 6.01. The van der Waals surface area contributed by atoms with Gasteiger partial charge in [0.25, 0.3) is 5.91 Å². The van der Waals surface area contributed by atoms with Crippen LogP contribution in [-0.4, -0.2) is 28.0 Å². The molecular weight excluding hydrogens is 244 g/mol. The van der Waals surface area contributed by atoms with Crippen LogP contribution >= 0.6 is 0 Å². The first-order chi connectivity index (χ1) is 9.13. The van der Waals surface area contributed by atoms with Crippen molar-refractivity contribution in [1.29, 1.82) is 0 Å². The minimum atomic E-state index is -1.04. The first-order valence-corrected chi connectivity index (χ1v) is 6.01. The van der Waals surface area contributed by atoms with Gasteiger partial charge >= 0.3 is 5.97 Å². The van der Waals surface area contributed by atoms with Crippen molar-refractivity contribution in [3.8, 4) is 0 Å². The van der Waals surface area contributed by atoms with Gasteiger partial charge in [0.05, 0.1) is 11.1 Å². The zero-order valence-electron chi connectivity index (χ0n) is 10.5. The average molecular weight is 258 g/mol. The van der Waals surface area contributed by atoms with Crippen molar-refractivity contribution in [1.82, 2.24) is 10.3 Å². The number of pyridine rings is 1. The summed E-state index contributed by atoms with van der Waals surface area (Å²) in [6.07, 6.45) is 1.94. The van der Waals surface area contributed by atoms with E-state index >= 15 is 0 Å². The van der Waals surface area contributed by atoms with E-state index in [1.807, 2.05) is 12.1 Å². The van der Waals surface area contributed by atoms with E-state index in [4.69, 9.17) is 5.11 Å². The van der Waals surface area contributed by atoms with Crippen molar-refractivity contribution in [2.45, 2.75) is 19.4 Å². The van der Waals surface area contributed by atoms with Gasteiger partial charge in [-0.2, -0.15) is 0 Å². The summed E-state index contributed by atoms with van der Waals surface area (Å²) in [6.45, 7) is 1.71. The third-order valence-corrected chi connectivity index (χ3v) is 2.89. The van der Waals surface area contributed by atoms with Crippen molar-refractivity contribution in [3.05, 3.63) is 42.1 Å². The van der Waals surface area contributed by atoms with Gasteiger partial charge in [-0.15, -0.1) is 0 Å². The maximum atomic E-state index is 12.1. The molecule has 1 atom stereocenters. The van der Waals surface area contributed by atoms with E-state index in [2.05, 4.69) is 10.3 Å². The summed E-state index contributed by atoms with van der Waals surface area (Å²) in [5.41, 5.74) is 0.959. The lowest BCUT2D eigenvalue weighted by Gasteiger charge is -2.13. The Morgan fingerprint density at radius 3 is 2.74 bits per heavy atom. The number of hydrogen-bond acceptors (Lipinski definition) is 3. The summed E-state index contributed by atoms with van der Waals surface area (Å²) in [5, 5.41) is 12.3. The first kappa shape index (κ1) is 13.0. The molecule has 0 aliphatic rings. The Hall–Kier alpha value is -2.43. The highest BCUT2D eigenvalue weighted by Crippen LogP contribution is 2.16. The molecule has 1 heterocycles. The van der Waals surface area contributed by atoms with Crippen molar-refractivity contribution < 1.29 is 14.7 Å². The molecule has 0 aliphatic carbocycles. The predicted octanol–water partition coefficient (Wildman–Crippen LogP) is 1.83. The van der Waals surface area contributed by atoms with Gasteiger partial charge in [0, 0.05) is 11.6 Å². The van der Waals surface area contributed by atoms with Gasteiger partial charge < -0.3 is 10.4 Å². The molecule has 0 radical (unpaired) electrons. The minimum Gasteiger partial charge on any atom is -0.480 e. The van der Waals surface area contributed by atoms with Crippen LogP contribution in [0.5, 0.6) is 0 Å². The zero-order chi connectivity index (χ0) is 13.8. The molecule has 0 saturated heterocycles. The quantitative estimate of drug-likeness (QED) is 0.876. The van der Waals surface area contributed by atoms with Crippen LogP contribution in [0.15, 0.2) is 36.5 Å². The normalized spacial score (nSPS) is 12.1. The summed E-state index contributed by atoms with van der Waals surface area (Å²) >= 11 is 0. The Labute approximate surface area is 110 Å². The number of benzene rings is 1. The molecule has 0 fully saturated rings. The van der Waals surface area contributed by atoms with Crippen LogP contribution in [0.3, 0.4) is 0 Å². The number of carbonyl (C=O) groups is 2. The molecule has 1 amide bonds. The Bertz CT molecular complexity index is 620. The number of carboxylic acid groups (broad SMARTS) is 1. The number of nitrogens with one attached hydrogen (secondary N) is 1. The molecule has 0 saturated carbocycles. The molecule has 98 valence electrons. The van der Waals surface area contributed by atoms with E-state index in [9.17, 15) is 9.59 Å². The molecule has 5 nitrogen and oxygen atoms in total. The molecule has 5 heteroatoms. The fraction of sp³-hybridized carbons (Fsp3) is 0.214. The number of carboxylic acids is 1. The van der Waals surface area contributed by atoms with Gasteiger partial charge in [-0.1, -0.05) is 25.1 Å². The molecule has 1 aromatic heterocycles. The van der Waals surface area contributed by atoms with Crippen LogP contribution in [-0.2, 0) is 4.79 Å². The molecule has 0 aliphatic heterocycles. The lowest BCUT2D eigenvalue weighted by molar-refractivity contribution is -0.139. The Morgan fingerprint density at radius 1 is 1.32 bits per heavy atom. The number of amides is 1. The topological polar surface area (TPSA) is 79.3 Å². The molecule has 2 aromatic rings. The monoisotopic (exact) mass is 258 g/mol. The highest BCUT2D eigenvalue weighted by Gasteiger charge is 2.19. The van der Waals surface area contributed by atoms with Crippen LogP contribution in [0, 0.1) is 0 Å². The lowest BCUT2D eigenvalue weighted by atomic mass is 10.1. The van der Waals surface area contributed by atoms with E-state index in [-0.39, 0.29) is 0 Å². The zero-order valence-corrected chi connectivity index (χ0v) is 10.5. The van der Waals surface area contributed by atoms with Crippen LogP contribution in [0.25, 0.3) is 10.9 Å². The number of hydrogen-bond donors (Lipinski definition) is 2. The minimum absolute atomic E-state index is 0.333. The molecule has 0 spiro atoms. The van der Waals surface area contributed by atoms with Gasteiger partial charge in [0.2, 0.25) is 0 Å². The average Bonchev–Trinajstić information content (AvgIpc) is 2.43. The van der Waals surface area contributed by atoms with Crippen molar-refractivity contribution >= 4 is 22.8 Å². The van der Waals surface area contributed by atoms with Crippen LogP contribution in [0.1, 0.15) is 23.7 Å². The van der Waals surface area contributed by atoms with Crippen molar-refractivity contribution in [2.24, 2.45) is 0 Å². The molecule has 1 aromatic carbocycles. The maximum Gasteiger partial charge on any atom is 0.326 e. The third kappa shape index (κ3) is 2.70. The number of nitrogens with zero attached hydrogens (tertiary/aromatic N) is 1. The van der Waals surface area contributed by atoms with Crippen LogP contribution < -0.4 is 5.32 Å². The highest BCUT2D eigenvalue weighted by atomic mass is 16.4. The van der Waals surface area contributed by atoms with Crippen molar-refractivity contribution in [2.75, 3.05) is 0 Å². The van der Waals surface area contributed by atoms with E-state index < -0.39 is 17.9 Å². The molecule has 0 bridgehead atoms. The summed E-state index contributed by atoms with van der Waals surface area (Å²) in [4.78, 5) is 27.2. The molecule has 0 unspecified atom stereocenters. The summed E-state index contributed by atoms with van der Waals surface area (Å²) in [5.74, 6) is -1.46. The second-order valence-corrected chi connectivity index (χ2v) is 4.15. The number of aromatic nitrogens is 1. The van der Waals surface area contributed by atoms with Crippen LogP contribution in [0.4, 0.5) is 0 Å². The number of carbonyl (C=O) groups excluding carboxylic acids is 1. The maximum absolute atomic E-state index is 12.1. The number of aliphatic carboxylic acids is 1. The number of rotatable bonds is 4. The van der Waals surface area contributed by atoms with E-state index in [1.54, 1.807) is 31.3 Å². The Balaban J connectivity index is 2.34. The smallest absolute Gasteiger partial charge is 0.326 e. The van der Waals surface area contributed by atoms with E-state index in [1.165, 1.54) is 0 Å². The third-order valence-electron chi connectivity index (χ3n) is 2.89. The largest absolute Gasteiger partial charge is 0.480 e. The molecule has 2 rings (SSSR count). The van der Waals surface area contributed by atoms with Gasteiger partial charge in [-0.05, 0) is 18.6 Å². The Morgan fingerprint density at radius 2 is 2.05 bits per heavy atom. The van der Waals surface area contributed by atoms with Crippen molar-refractivity contribution in [3.63, 3.8) is 0 Å². The summed E-state index contributed by atoms with van der Waals surface area (Å²) < 4.78 is 0. The number of para-hydroxylation sites is 1.